The van der Waals surface area contributed by atoms with Crippen LogP contribution in [-0.4, -0.2) is 70.2 Å². The number of carbonyl (C=O) groups excluding carboxylic acids is 2. The molecule has 3 rings (SSSR count). The summed E-state index contributed by atoms with van der Waals surface area (Å²) >= 11 is 0. The van der Waals surface area contributed by atoms with Crippen molar-refractivity contribution in [2.75, 3.05) is 32.8 Å². The molecule has 0 radical (unpaired) electrons. The van der Waals surface area contributed by atoms with Crippen molar-refractivity contribution >= 4 is 11.8 Å². The fourth-order valence-electron chi connectivity index (χ4n) is 3.15. The lowest BCUT2D eigenvalue weighted by atomic mass is 9.89. The molecular weight excluding hydrogens is 284 g/mol. The lowest BCUT2D eigenvalue weighted by Crippen LogP contribution is -2.58. The van der Waals surface area contributed by atoms with Gasteiger partial charge in [-0.3, -0.25) is 9.59 Å². The van der Waals surface area contributed by atoms with E-state index in [2.05, 4.69) is 10.2 Å². The van der Waals surface area contributed by atoms with Crippen LogP contribution in [0, 0.1) is 0 Å². The molecule has 0 aromatic carbocycles. The van der Waals surface area contributed by atoms with Crippen LogP contribution in [0.25, 0.3) is 0 Å². The molecule has 118 valence electrons. The van der Waals surface area contributed by atoms with Gasteiger partial charge < -0.3 is 14.5 Å². The zero-order valence-corrected chi connectivity index (χ0v) is 12.7. The quantitative estimate of drug-likeness (QED) is 0.747. The van der Waals surface area contributed by atoms with Crippen LogP contribution in [-0.2, 0) is 9.53 Å². The second kappa shape index (κ2) is 6.00. The first-order valence-corrected chi connectivity index (χ1v) is 7.55. The molecule has 1 aromatic heterocycles. The first kappa shape index (κ1) is 14.9. The van der Waals surface area contributed by atoms with Gasteiger partial charge in [0.15, 0.2) is 0 Å². The van der Waals surface area contributed by atoms with Crippen molar-refractivity contribution in [1.29, 1.82) is 0 Å². The zero-order valence-electron chi connectivity index (χ0n) is 12.7. The number of rotatable bonds is 1. The lowest BCUT2D eigenvalue weighted by molar-refractivity contribution is -0.145. The Balaban J connectivity index is 1.67. The van der Waals surface area contributed by atoms with E-state index in [-0.39, 0.29) is 17.4 Å². The number of morpholine rings is 1. The van der Waals surface area contributed by atoms with Gasteiger partial charge in [-0.1, -0.05) is 0 Å². The van der Waals surface area contributed by atoms with Gasteiger partial charge in [-0.25, -0.2) is 0 Å². The number of likely N-dealkylation sites (tertiary alicyclic amines) is 1. The van der Waals surface area contributed by atoms with E-state index in [9.17, 15) is 9.59 Å². The molecular formula is C15H20N4O3. The Morgan fingerprint density at radius 2 is 1.95 bits per heavy atom. The predicted octanol–water partition coefficient (Wildman–Crippen LogP) is 0.330. The molecule has 0 N–H and O–H groups in total. The van der Waals surface area contributed by atoms with Crippen molar-refractivity contribution < 1.29 is 14.3 Å². The molecule has 7 nitrogen and oxygen atoms in total. The molecule has 2 saturated heterocycles. The Bertz CT molecular complexity index is 555. The van der Waals surface area contributed by atoms with Crippen molar-refractivity contribution in [1.82, 2.24) is 20.0 Å². The standard InChI is InChI=1S/C15H20N4O3/c1-12(20)18-6-3-15(4-7-18)11-19(8-9-22-15)14(21)13-2-5-16-17-10-13/h2,5,10H,3-4,6-9,11H2,1H3. The molecule has 1 spiro atoms. The highest BCUT2D eigenvalue weighted by atomic mass is 16.5. The van der Waals surface area contributed by atoms with Gasteiger partial charge in [-0.15, -0.1) is 0 Å². The topological polar surface area (TPSA) is 75.6 Å². The van der Waals surface area contributed by atoms with Gasteiger partial charge >= 0.3 is 0 Å². The van der Waals surface area contributed by atoms with Crippen molar-refractivity contribution in [3.05, 3.63) is 24.0 Å². The zero-order chi connectivity index (χ0) is 15.6. The molecule has 0 aliphatic carbocycles. The number of hydrogen-bond donors (Lipinski definition) is 0. The summed E-state index contributed by atoms with van der Waals surface area (Å²) in [7, 11) is 0. The van der Waals surface area contributed by atoms with Crippen LogP contribution in [0.15, 0.2) is 18.5 Å². The molecule has 2 aliphatic heterocycles. The Morgan fingerprint density at radius 1 is 1.18 bits per heavy atom. The molecule has 0 bridgehead atoms. The van der Waals surface area contributed by atoms with Crippen LogP contribution in [0.3, 0.4) is 0 Å². The second-order valence-corrected chi connectivity index (χ2v) is 5.90. The average Bonchev–Trinajstić information content (AvgIpc) is 2.55. The second-order valence-electron chi connectivity index (χ2n) is 5.90. The van der Waals surface area contributed by atoms with Crippen LogP contribution >= 0.6 is 0 Å². The van der Waals surface area contributed by atoms with E-state index < -0.39 is 0 Å². The van der Waals surface area contributed by atoms with Crippen molar-refractivity contribution in [2.24, 2.45) is 0 Å². The summed E-state index contributed by atoms with van der Waals surface area (Å²) in [6.45, 7) is 4.65. The Kier molecular flexibility index (Phi) is 4.06. The third kappa shape index (κ3) is 2.94. The molecule has 0 saturated carbocycles. The monoisotopic (exact) mass is 304 g/mol. The van der Waals surface area contributed by atoms with Gasteiger partial charge in [0.1, 0.15) is 0 Å². The van der Waals surface area contributed by atoms with Crippen molar-refractivity contribution in [3.8, 4) is 0 Å². The van der Waals surface area contributed by atoms with E-state index in [1.165, 1.54) is 12.4 Å². The van der Waals surface area contributed by atoms with E-state index in [1.807, 2.05) is 9.80 Å². The van der Waals surface area contributed by atoms with Crippen molar-refractivity contribution in [2.45, 2.75) is 25.4 Å². The Labute approximate surface area is 129 Å². The van der Waals surface area contributed by atoms with E-state index in [0.717, 1.165) is 12.8 Å². The number of ether oxygens (including phenoxy) is 1. The molecule has 2 aliphatic rings. The number of nitrogens with zero attached hydrogens (tertiary/aromatic N) is 4. The number of hydrogen-bond acceptors (Lipinski definition) is 5. The number of aromatic nitrogens is 2. The minimum Gasteiger partial charge on any atom is -0.371 e. The van der Waals surface area contributed by atoms with E-state index in [1.54, 1.807) is 13.0 Å². The Hall–Kier alpha value is -2.02. The largest absolute Gasteiger partial charge is 0.371 e. The summed E-state index contributed by atoms with van der Waals surface area (Å²) in [6, 6.07) is 1.68. The highest BCUT2D eigenvalue weighted by molar-refractivity contribution is 5.93. The van der Waals surface area contributed by atoms with Crippen LogP contribution in [0.1, 0.15) is 30.1 Å². The first-order chi connectivity index (χ1) is 10.6. The minimum atomic E-state index is -0.319. The third-order valence-corrected chi connectivity index (χ3v) is 4.49. The van der Waals surface area contributed by atoms with E-state index in [4.69, 9.17) is 4.74 Å². The number of piperidine rings is 1. The molecule has 3 heterocycles. The summed E-state index contributed by atoms with van der Waals surface area (Å²) in [5.41, 5.74) is 0.230. The van der Waals surface area contributed by atoms with Gasteiger partial charge in [-0.2, -0.15) is 10.2 Å². The van der Waals surface area contributed by atoms with Crippen LogP contribution in [0.4, 0.5) is 0 Å². The maximum Gasteiger partial charge on any atom is 0.255 e. The SMILES string of the molecule is CC(=O)N1CCC2(CC1)CN(C(=O)c1ccnnc1)CCO2. The summed E-state index contributed by atoms with van der Waals surface area (Å²) in [5, 5.41) is 7.46. The fraction of sp³-hybridized carbons (Fsp3) is 0.600. The minimum absolute atomic E-state index is 0.0356. The van der Waals surface area contributed by atoms with Crippen LogP contribution in [0.2, 0.25) is 0 Å². The van der Waals surface area contributed by atoms with Crippen LogP contribution in [0.5, 0.6) is 0 Å². The highest BCUT2D eigenvalue weighted by Crippen LogP contribution is 2.30. The average molecular weight is 304 g/mol. The first-order valence-electron chi connectivity index (χ1n) is 7.55. The van der Waals surface area contributed by atoms with Crippen molar-refractivity contribution in [3.63, 3.8) is 0 Å². The molecule has 7 heteroatoms. The summed E-state index contributed by atoms with van der Waals surface area (Å²) in [6.07, 6.45) is 4.55. The molecule has 22 heavy (non-hydrogen) atoms. The third-order valence-electron chi connectivity index (χ3n) is 4.49. The van der Waals surface area contributed by atoms with Gasteiger partial charge in [0.2, 0.25) is 5.91 Å². The van der Waals surface area contributed by atoms with E-state index >= 15 is 0 Å². The smallest absolute Gasteiger partial charge is 0.255 e. The molecule has 0 atom stereocenters. The fourth-order valence-corrected chi connectivity index (χ4v) is 3.15. The molecule has 2 fully saturated rings. The summed E-state index contributed by atoms with van der Waals surface area (Å²) < 4.78 is 5.99. The summed E-state index contributed by atoms with van der Waals surface area (Å²) in [5.74, 6) is 0.0630. The lowest BCUT2D eigenvalue weighted by Gasteiger charge is -2.47. The summed E-state index contributed by atoms with van der Waals surface area (Å²) in [4.78, 5) is 27.6. The molecule has 0 unspecified atom stereocenters. The van der Waals surface area contributed by atoms with Gasteiger partial charge in [0.05, 0.1) is 36.7 Å². The maximum absolute atomic E-state index is 12.5. The Morgan fingerprint density at radius 3 is 2.59 bits per heavy atom. The van der Waals surface area contributed by atoms with E-state index in [0.29, 0.717) is 38.3 Å². The number of carbonyl (C=O) groups is 2. The maximum atomic E-state index is 12.5. The van der Waals surface area contributed by atoms with Gasteiger partial charge in [0.25, 0.3) is 5.91 Å². The molecule has 2 amide bonds. The predicted molar refractivity (Wildman–Crippen MR) is 78.1 cm³/mol. The normalized spacial score (nSPS) is 21.0. The van der Waals surface area contributed by atoms with Gasteiger partial charge in [-0.05, 0) is 18.9 Å². The molecule has 1 aromatic rings. The number of amides is 2. The highest BCUT2D eigenvalue weighted by Gasteiger charge is 2.41. The van der Waals surface area contributed by atoms with Gasteiger partial charge in [0, 0.05) is 26.6 Å². The van der Waals surface area contributed by atoms with Crippen LogP contribution < -0.4 is 0 Å².